The van der Waals surface area contributed by atoms with Gasteiger partial charge in [-0.3, -0.25) is 9.78 Å². The fraction of sp³-hybridized carbons (Fsp3) is 0.125. The van der Waals surface area contributed by atoms with Crippen LogP contribution in [0.3, 0.4) is 0 Å². The number of anilines is 1. The summed E-state index contributed by atoms with van der Waals surface area (Å²) in [6.45, 7) is 0.241. The zero-order valence-corrected chi connectivity index (χ0v) is 12.4. The van der Waals surface area contributed by atoms with Gasteiger partial charge in [-0.25, -0.2) is 0 Å². The summed E-state index contributed by atoms with van der Waals surface area (Å²) >= 11 is 1.58. The number of pyridine rings is 1. The summed E-state index contributed by atoms with van der Waals surface area (Å²) in [4.78, 5) is 17.4. The summed E-state index contributed by atoms with van der Waals surface area (Å²) in [5, 5.41) is 2.91. The van der Waals surface area contributed by atoms with Crippen molar-refractivity contribution in [2.75, 3.05) is 18.1 Å². The molecule has 3 N–H and O–H groups in total. The summed E-state index contributed by atoms with van der Waals surface area (Å²) in [5.41, 5.74) is 7.21. The van der Waals surface area contributed by atoms with E-state index in [1.807, 2.05) is 30.5 Å². The Morgan fingerprint density at radius 2 is 2.19 bits per heavy atom. The molecule has 0 aliphatic heterocycles. The average Bonchev–Trinajstić information content (AvgIpc) is 2.53. The first kappa shape index (κ1) is 15.1. The SMILES string of the molecule is CSc1ccccc1NC(=O)c1ccncc1C#CCN. The maximum absolute atomic E-state index is 12.4. The van der Waals surface area contributed by atoms with Crippen molar-refractivity contribution in [3.8, 4) is 11.8 Å². The molecule has 0 saturated carbocycles. The van der Waals surface area contributed by atoms with Crippen LogP contribution in [-0.2, 0) is 0 Å². The Bertz CT molecular complexity index is 704. The Morgan fingerprint density at radius 1 is 1.38 bits per heavy atom. The number of thioether (sulfide) groups is 1. The maximum atomic E-state index is 12.4. The van der Waals surface area contributed by atoms with E-state index in [0.717, 1.165) is 10.6 Å². The van der Waals surface area contributed by atoms with Crippen LogP contribution in [0.2, 0.25) is 0 Å². The summed E-state index contributed by atoms with van der Waals surface area (Å²) in [6.07, 6.45) is 5.11. The second-order valence-corrected chi connectivity index (χ2v) is 4.93. The number of aromatic nitrogens is 1. The van der Waals surface area contributed by atoms with Crippen LogP contribution >= 0.6 is 11.8 Å². The van der Waals surface area contributed by atoms with Gasteiger partial charge in [0.2, 0.25) is 0 Å². The molecule has 0 aliphatic carbocycles. The van der Waals surface area contributed by atoms with Crippen LogP contribution in [-0.4, -0.2) is 23.7 Å². The fourth-order valence-corrected chi connectivity index (χ4v) is 2.33. The lowest BCUT2D eigenvalue weighted by atomic mass is 10.1. The first-order valence-corrected chi connectivity index (χ1v) is 7.56. The molecule has 0 fully saturated rings. The highest BCUT2D eigenvalue weighted by Gasteiger charge is 2.12. The average molecular weight is 297 g/mol. The number of benzene rings is 1. The molecule has 0 aliphatic rings. The van der Waals surface area contributed by atoms with E-state index in [1.54, 1.807) is 30.2 Å². The molecule has 1 heterocycles. The van der Waals surface area contributed by atoms with Gasteiger partial charge < -0.3 is 11.1 Å². The quantitative estimate of drug-likeness (QED) is 0.674. The lowest BCUT2D eigenvalue weighted by Gasteiger charge is -2.10. The van der Waals surface area contributed by atoms with E-state index in [2.05, 4.69) is 22.1 Å². The number of para-hydroxylation sites is 1. The highest BCUT2D eigenvalue weighted by Crippen LogP contribution is 2.25. The van der Waals surface area contributed by atoms with Crippen molar-refractivity contribution in [2.45, 2.75) is 4.90 Å². The van der Waals surface area contributed by atoms with Crippen LogP contribution in [0.15, 0.2) is 47.6 Å². The highest BCUT2D eigenvalue weighted by molar-refractivity contribution is 7.98. The van der Waals surface area contributed by atoms with E-state index < -0.39 is 0 Å². The smallest absolute Gasteiger partial charge is 0.257 e. The molecule has 106 valence electrons. The molecule has 4 nitrogen and oxygen atoms in total. The lowest BCUT2D eigenvalue weighted by molar-refractivity contribution is 0.102. The number of hydrogen-bond donors (Lipinski definition) is 2. The minimum atomic E-state index is -0.208. The van der Waals surface area contributed by atoms with Gasteiger partial charge in [0.25, 0.3) is 5.91 Å². The molecule has 2 rings (SSSR count). The van der Waals surface area contributed by atoms with Crippen LogP contribution in [0.4, 0.5) is 5.69 Å². The highest BCUT2D eigenvalue weighted by atomic mass is 32.2. The Labute approximate surface area is 128 Å². The fourth-order valence-electron chi connectivity index (χ4n) is 1.78. The van der Waals surface area contributed by atoms with Crippen molar-refractivity contribution in [1.29, 1.82) is 0 Å². The second-order valence-electron chi connectivity index (χ2n) is 4.08. The van der Waals surface area contributed by atoms with Gasteiger partial charge in [0, 0.05) is 17.3 Å². The van der Waals surface area contributed by atoms with Crippen molar-refractivity contribution in [3.05, 3.63) is 53.9 Å². The Kier molecular flexibility index (Phi) is 5.38. The monoisotopic (exact) mass is 297 g/mol. The molecule has 0 saturated heterocycles. The van der Waals surface area contributed by atoms with Gasteiger partial charge in [-0.05, 0) is 24.5 Å². The van der Waals surface area contributed by atoms with E-state index in [9.17, 15) is 4.79 Å². The minimum Gasteiger partial charge on any atom is -0.321 e. The van der Waals surface area contributed by atoms with Gasteiger partial charge in [0.05, 0.1) is 23.4 Å². The van der Waals surface area contributed by atoms with Crippen LogP contribution in [0.25, 0.3) is 0 Å². The zero-order chi connectivity index (χ0) is 15.1. The third kappa shape index (κ3) is 3.85. The van der Waals surface area contributed by atoms with Crippen molar-refractivity contribution in [1.82, 2.24) is 4.98 Å². The van der Waals surface area contributed by atoms with Crippen molar-refractivity contribution in [3.63, 3.8) is 0 Å². The standard InChI is InChI=1S/C16H15N3OS/c1-21-15-7-3-2-6-14(15)19-16(20)13-8-10-18-11-12(13)5-4-9-17/h2-3,6-8,10-11H,9,17H2,1H3,(H,19,20). The number of hydrogen-bond acceptors (Lipinski definition) is 4. The van der Waals surface area contributed by atoms with Crippen molar-refractivity contribution >= 4 is 23.4 Å². The molecule has 0 unspecified atom stereocenters. The zero-order valence-electron chi connectivity index (χ0n) is 11.6. The molecule has 21 heavy (non-hydrogen) atoms. The lowest BCUT2D eigenvalue weighted by Crippen LogP contribution is -2.14. The van der Waals surface area contributed by atoms with E-state index >= 15 is 0 Å². The van der Waals surface area contributed by atoms with E-state index in [0.29, 0.717) is 11.1 Å². The maximum Gasteiger partial charge on any atom is 0.257 e. The number of carbonyl (C=O) groups excluding carboxylic acids is 1. The number of amides is 1. The predicted molar refractivity (Wildman–Crippen MR) is 86.3 cm³/mol. The van der Waals surface area contributed by atoms with Crippen LogP contribution < -0.4 is 11.1 Å². The molecule has 5 heteroatoms. The van der Waals surface area contributed by atoms with E-state index in [4.69, 9.17) is 5.73 Å². The molecular formula is C16H15N3OS. The molecular weight excluding hydrogens is 282 g/mol. The van der Waals surface area contributed by atoms with Gasteiger partial charge in [0.1, 0.15) is 0 Å². The molecule has 1 amide bonds. The molecule has 1 aromatic carbocycles. The Hall–Kier alpha value is -2.29. The van der Waals surface area contributed by atoms with Gasteiger partial charge in [-0.15, -0.1) is 11.8 Å². The van der Waals surface area contributed by atoms with Crippen molar-refractivity contribution in [2.24, 2.45) is 5.73 Å². The molecule has 2 aromatic rings. The molecule has 1 aromatic heterocycles. The second kappa shape index (κ2) is 7.48. The third-order valence-corrected chi connectivity index (χ3v) is 3.54. The van der Waals surface area contributed by atoms with E-state index in [1.165, 1.54) is 0 Å². The van der Waals surface area contributed by atoms with Crippen LogP contribution in [0.5, 0.6) is 0 Å². The Morgan fingerprint density at radius 3 is 2.95 bits per heavy atom. The van der Waals surface area contributed by atoms with Crippen LogP contribution in [0.1, 0.15) is 15.9 Å². The molecule has 0 spiro atoms. The number of carbonyl (C=O) groups is 1. The summed E-state index contributed by atoms with van der Waals surface area (Å²) in [7, 11) is 0. The Balaban J connectivity index is 2.29. The topological polar surface area (TPSA) is 68.0 Å². The van der Waals surface area contributed by atoms with Crippen molar-refractivity contribution < 1.29 is 4.79 Å². The van der Waals surface area contributed by atoms with Gasteiger partial charge in [-0.1, -0.05) is 24.0 Å². The first-order chi connectivity index (χ1) is 10.3. The predicted octanol–water partition coefficient (Wildman–Crippen LogP) is 2.37. The number of rotatable bonds is 3. The van der Waals surface area contributed by atoms with E-state index in [-0.39, 0.29) is 12.5 Å². The van der Waals surface area contributed by atoms with Gasteiger partial charge in [0.15, 0.2) is 0 Å². The van der Waals surface area contributed by atoms with Crippen LogP contribution in [0, 0.1) is 11.8 Å². The first-order valence-electron chi connectivity index (χ1n) is 6.33. The number of nitrogens with two attached hydrogens (primary N) is 1. The molecule has 0 radical (unpaired) electrons. The molecule has 0 atom stereocenters. The largest absolute Gasteiger partial charge is 0.321 e. The normalized spacial score (nSPS) is 9.62. The number of nitrogens with zero attached hydrogens (tertiary/aromatic N) is 1. The minimum absolute atomic E-state index is 0.208. The number of nitrogens with one attached hydrogen (secondary N) is 1. The summed E-state index contributed by atoms with van der Waals surface area (Å²) in [5.74, 6) is 5.40. The molecule has 0 bridgehead atoms. The summed E-state index contributed by atoms with van der Waals surface area (Å²) in [6, 6.07) is 9.30. The van der Waals surface area contributed by atoms with Gasteiger partial charge in [-0.2, -0.15) is 0 Å². The third-order valence-electron chi connectivity index (χ3n) is 2.75. The van der Waals surface area contributed by atoms with Gasteiger partial charge >= 0.3 is 0 Å². The summed E-state index contributed by atoms with van der Waals surface area (Å²) < 4.78 is 0.